The number of aliphatic hydroxyl groups is 1. The minimum atomic E-state index is -0.974. The van der Waals surface area contributed by atoms with Gasteiger partial charge < -0.3 is 5.11 Å². The van der Waals surface area contributed by atoms with Crippen LogP contribution in [-0.4, -0.2) is 37.0 Å². The molecule has 6 nitrogen and oxygen atoms in total. The van der Waals surface area contributed by atoms with E-state index >= 15 is 0 Å². The Morgan fingerprint density at radius 2 is 2.11 bits per heavy atom. The van der Waals surface area contributed by atoms with Crippen LogP contribution >= 0.6 is 0 Å². The first-order chi connectivity index (χ1) is 17.9. The third-order valence-electron chi connectivity index (χ3n) is 7.66. The highest BCUT2D eigenvalue weighted by Crippen LogP contribution is 2.36. The van der Waals surface area contributed by atoms with E-state index in [0.29, 0.717) is 42.3 Å². The van der Waals surface area contributed by atoms with Crippen molar-refractivity contribution in [3.8, 4) is 0 Å². The predicted octanol–water partition coefficient (Wildman–Crippen LogP) is 5.42. The maximum Gasteiger partial charge on any atom is 0.163 e. The van der Waals surface area contributed by atoms with Gasteiger partial charge in [0.15, 0.2) is 5.78 Å². The van der Waals surface area contributed by atoms with E-state index in [1.807, 2.05) is 37.3 Å². The standard InChI is InChI=1S/C30H29FN4O2/c1-19-12-22(9-11-32-19)29-24-14-21(7-8-23(24)16-33-29)28(36)13-20-4-3-10-30(37,15-20)18-35-17-25-26(31)5-2-6-27(25)34-35/h2,5-9,11-12,14,17,20,37H,3-4,10,13,15-16,18H2,1H3/t20-,30+/m1/s1. The maximum atomic E-state index is 14.1. The lowest BCUT2D eigenvalue weighted by atomic mass is 9.75. The van der Waals surface area contributed by atoms with Crippen molar-refractivity contribution in [3.05, 3.63) is 94.7 Å². The molecule has 2 aliphatic rings. The van der Waals surface area contributed by atoms with Gasteiger partial charge in [-0.05, 0) is 68.0 Å². The number of benzene rings is 2. The van der Waals surface area contributed by atoms with E-state index in [1.165, 1.54) is 6.07 Å². The van der Waals surface area contributed by atoms with E-state index in [4.69, 9.17) is 4.99 Å². The van der Waals surface area contributed by atoms with E-state index in [-0.39, 0.29) is 24.1 Å². The van der Waals surface area contributed by atoms with Crippen LogP contribution in [-0.2, 0) is 13.1 Å². The highest BCUT2D eigenvalue weighted by atomic mass is 19.1. The fourth-order valence-corrected chi connectivity index (χ4v) is 5.90. The van der Waals surface area contributed by atoms with Crippen LogP contribution in [0.5, 0.6) is 0 Å². The highest BCUT2D eigenvalue weighted by molar-refractivity contribution is 6.16. The molecule has 0 saturated heterocycles. The van der Waals surface area contributed by atoms with Gasteiger partial charge in [-0.25, -0.2) is 4.39 Å². The summed E-state index contributed by atoms with van der Waals surface area (Å²) in [6.45, 7) is 2.86. The minimum Gasteiger partial charge on any atom is -0.388 e. The molecule has 2 aromatic heterocycles. The molecule has 1 aliphatic heterocycles. The van der Waals surface area contributed by atoms with Crippen LogP contribution in [0.25, 0.3) is 10.9 Å². The summed E-state index contributed by atoms with van der Waals surface area (Å²) in [4.78, 5) is 22.3. The van der Waals surface area contributed by atoms with Gasteiger partial charge in [0.25, 0.3) is 0 Å². The number of hydrogen-bond donors (Lipinski definition) is 1. The Bertz CT molecular complexity index is 1540. The number of aryl methyl sites for hydroxylation is 1. The van der Waals surface area contributed by atoms with Gasteiger partial charge in [0.05, 0.1) is 35.3 Å². The van der Waals surface area contributed by atoms with Crippen molar-refractivity contribution in [1.29, 1.82) is 0 Å². The van der Waals surface area contributed by atoms with Crippen LogP contribution in [0.1, 0.15) is 64.8 Å². The third-order valence-corrected chi connectivity index (χ3v) is 7.66. The second-order valence-corrected chi connectivity index (χ2v) is 10.5. The Kier molecular flexibility index (Phi) is 5.95. The number of pyridine rings is 1. The van der Waals surface area contributed by atoms with E-state index in [9.17, 15) is 14.3 Å². The largest absolute Gasteiger partial charge is 0.388 e. The first kappa shape index (κ1) is 23.7. The SMILES string of the molecule is Cc1cc(C2=NCc3ccc(C(=O)C[C@H]4CCC[C@@](O)(Cn5cc6c(F)cccc6n5)C4)cc32)ccn1. The number of rotatable bonds is 6. The maximum absolute atomic E-state index is 14.1. The summed E-state index contributed by atoms with van der Waals surface area (Å²) in [5.41, 5.74) is 5.27. The smallest absolute Gasteiger partial charge is 0.163 e. The van der Waals surface area contributed by atoms with Crippen LogP contribution in [0, 0.1) is 18.7 Å². The average molecular weight is 497 g/mol. The summed E-state index contributed by atoms with van der Waals surface area (Å²) in [6, 6.07) is 14.7. The van der Waals surface area contributed by atoms with Crippen molar-refractivity contribution < 1.29 is 14.3 Å². The lowest BCUT2D eigenvalue weighted by molar-refractivity contribution is -0.0325. The van der Waals surface area contributed by atoms with Gasteiger partial charge in [0.2, 0.25) is 0 Å². The molecular formula is C30H29FN4O2. The molecule has 188 valence electrons. The molecular weight excluding hydrogens is 467 g/mol. The number of halogens is 1. The number of aromatic nitrogens is 3. The van der Waals surface area contributed by atoms with Crippen LogP contribution in [0.4, 0.5) is 4.39 Å². The van der Waals surface area contributed by atoms with Gasteiger partial charge in [-0.15, -0.1) is 0 Å². The molecule has 0 radical (unpaired) electrons. The summed E-state index contributed by atoms with van der Waals surface area (Å²) in [7, 11) is 0. The Balaban J connectivity index is 1.16. The number of ketones is 1. The number of aliphatic imine (C=N–C) groups is 1. The molecule has 1 aliphatic carbocycles. The topological polar surface area (TPSA) is 80.4 Å². The number of hydrogen-bond acceptors (Lipinski definition) is 5. The Hall–Kier alpha value is -3.71. The van der Waals surface area contributed by atoms with Crippen molar-refractivity contribution in [3.63, 3.8) is 0 Å². The number of Topliss-reactive ketones (excluding diaryl/α,β-unsaturated/α-hetero) is 1. The molecule has 1 N–H and O–H groups in total. The van der Waals surface area contributed by atoms with E-state index in [0.717, 1.165) is 40.9 Å². The number of nitrogens with zero attached hydrogens (tertiary/aromatic N) is 4. The van der Waals surface area contributed by atoms with Gasteiger partial charge in [0.1, 0.15) is 5.82 Å². The van der Waals surface area contributed by atoms with Crippen LogP contribution < -0.4 is 0 Å². The minimum absolute atomic E-state index is 0.0807. The summed E-state index contributed by atoms with van der Waals surface area (Å²) in [6.07, 6.45) is 6.73. The highest BCUT2D eigenvalue weighted by Gasteiger charge is 2.36. The van der Waals surface area contributed by atoms with Crippen LogP contribution in [0.2, 0.25) is 0 Å². The van der Waals surface area contributed by atoms with Gasteiger partial charge in [-0.3, -0.25) is 19.5 Å². The molecule has 1 saturated carbocycles. The van der Waals surface area contributed by atoms with E-state index in [1.54, 1.807) is 29.2 Å². The predicted molar refractivity (Wildman–Crippen MR) is 140 cm³/mol. The van der Waals surface area contributed by atoms with Gasteiger partial charge in [-0.1, -0.05) is 24.6 Å². The fraction of sp³-hybridized carbons (Fsp3) is 0.333. The summed E-state index contributed by atoms with van der Waals surface area (Å²) >= 11 is 0. The van der Waals surface area contributed by atoms with Crippen molar-refractivity contribution in [2.45, 2.75) is 57.7 Å². The number of fused-ring (bicyclic) bond motifs is 2. The second-order valence-electron chi connectivity index (χ2n) is 10.5. The monoisotopic (exact) mass is 496 g/mol. The van der Waals surface area contributed by atoms with Crippen LogP contribution in [0.15, 0.2) is 65.9 Å². The molecule has 0 spiro atoms. The molecule has 1 fully saturated rings. The zero-order valence-corrected chi connectivity index (χ0v) is 20.8. The second kappa shape index (κ2) is 9.30. The van der Waals surface area contributed by atoms with Crippen molar-refractivity contribution in [1.82, 2.24) is 14.8 Å². The molecule has 7 heteroatoms. The molecule has 0 amide bonds. The molecule has 37 heavy (non-hydrogen) atoms. The first-order valence-corrected chi connectivity index (χ1v) is 12.8. The lowest BCUT2D eigenvalue weighted by Crippen LogP contribution is -2.40. The van der Waals surface area contributed by atoms with Gasteiger partial charge >= 0.3 is 0 Å². The zero-order valence-electron chi connectivity index (χ0n) is 20.8. The Morgan fingerprint density at radius 3 is 2.95 bits per heavy atom. The van der Waals surface area contributed by atoms with Crippen molar-refractivity contribution in [2.75, 3.05) is 0 Å². The summed E-state index contributed by atoms with van der Waals surface area (Å²) in [5.74, 6) is -0.150. The van der Waals surface area contributed by atoms with E-state index < -0.39 is 5.60 Å². The summed E-state index contributed by atoms with van der Waals surface area (Å²) < 4.78 is 15.7. The summed E-state index contributed by atoms with van der Waals surface area (Å²) in [5, 5.41) is 16.3. The Labute approximate surface area is 214 Å². The van der Waals surface area contributed by atoms with Gasteiger partial charge in [0, 0.05) is 41.2 Å². The molecule has 2 atom stereocenters. The third kappa shape index (κ3) is 4.71. The van der Waals surface area contributed by atoms with E-state index in [2.05, 4.69) is 10.1 Å². The number of carbonyl (C=O) groups excluding carboxylic acids is 1. The van der Waals surface area contributed by atoms with Crippen molar-refractivity contribution >= 4 is 22.4 Å². The zero-order chi connectivity index (χ0) is 25.6. The van der Waals surface area contributed by atoms with Crippen LogP contribution in [0.3, 0.4) is 0 Å². The van der Waals surface area contributed by atoms with Gasteiger partial charge in [-0.2, -0.15) is 5.10 Å². The molecule has 4 aromatic rings. The fourth-order valence-electron chi connectivity index (χ4n) is 5.90. The molecule has 6 rings (SSSR count). The number of carbonyl (C=O) groups is 1. The average Bonchev–Trinajstić information content (AvgIpc) is 3.48. The normalized spacial score (nSPS) is 21.2. The molecule has 0 bridgehead atoms. The Morgan fingerprint density at radius 1 is 1.22 bits per heavy atom. The molecule has 0 unspecified atom stereocenters. The molecule has 2 aromatic carbocycles. The molecule has 3 heterocycles. The van der Waals surface area contributed by atoms with Crippen molar-refractivity contribution in [2.24, 2.45) is 10.9 Å². The lowest BCUT2D eigenvalue weighted by Gasteiger charge is -2.36. The first-order valence-electron chi connectivity index (χ1n) is 12.8. The quantitative estimate of drug-likeness (QED) is 0.361.